The number of rotatable bonds is 3. The van der Waals surface area contributed by atoms with Crippen LogP contribution in [-0.2, 0) is 4.79 Å². The van der Waals surface area contributed by atoms with Crippen molar-refractivity contribution in [2.45, 2.75) is 0 Å². The van der Waals surface area contributed by atoms with E-state index in [1.165, 1.54) is 6.08 Å². The number of halogens is 1. The van der Waals surface area contributed by atoms with E-state index in [1.54, 1.807) is 18.3 Å². The average Bonchev–Trinajstić information content (AvgIpc) is 2.39. The minimum atomic E-state index is -0.288. The van der Waals surface area contributed by atoms with Crippen LogP contribution in [0.4, 0.5) is 5.69 Å². The molecule has 90 valence electrons. The number of hydrogen-bond acceptors (Lipinski definition) is 3. The van der Waals surface area contributed by atoms with Crippen LogP contribution in [0, 0.1) is 0 Å². The Morgan fingerprint density at radius 2 is 2.11 bits per heavy atom. The molecule has 2 aromatic rings. The molecule has 0 atom stereocenters. The topological polar surface area (TPSA) is 54.9 Å². The summed E-state index contributed by atoms with van der Waals surface area (Å²) in [6.45, 7) is 3.41. The fourth-order valence-electron chi connectivity index (χ4n) is 1.44. The van der Waals surface area contributed by atoms with Crippen LogP contribution in [-0.4, -0.2) is 15.9 Å². The second kappa shape index (κ2) is 5.42. The van der Waals surface area contributed by atoms with Gasteiger partial charge in [-0.05, 0) is 24.3 Å². The maximum Gasteiger partial charge on any atom is 0.247 e. The molecule has 0 radical (unpaired) electrons. The van der Waals surface area contributed by atoms with Crippen molar-refractivity contribution in [1.82, 2.24) is 9.97 Å². The molecular weight excluding hydrogens is 250 g/mol. The van der Waals surface area contributed by atoms with Gasteiger partial charge in [0.15, 0.2) is 5.82 Å². The van der Waals surface area contributed by atoms with Crippen LogP contribution in [0.25, 0.3) is 11.4 Å². The van der Waals surface area contributed by atoms with Crippen molar-refractivity contribution in [1.29, 1.82) is 0 Å². The number of amides is 1. The van der Waals surface area contributed by atoms with Crippen LogP contribution in [0.1, 0.15) is 0 Å². The van der Waals surface area contributed by atoms with Crippen LogP contribution in [0.15, 0.2) is 49.2 Å². The van der Waals surface area contributed by atoms with Crippen molar-refractivity contribution in [3.63, 3.8) is 0 Å². The van der Waals surface area contributed by atoms with Crippen molar-refractivity contribution in [3.8, 4) is 11.4 Å². The Kier molecular flexibility index (Phi) is 3.69. The first-order valence-corrected chi connectivity index (χ1v) is 5.60. The summed E-state index contributed by atoms with van der Waals surface area (Å²) in [5, 5.41) is 3.05. The van der Waals surface area contributed by atoms with Gasteiger partial charge in [0, 0.05) is 11.8 Å². The first-order valence-electron chi connectivity index (χ1n) is 5.22. The zero-order valence-electron chi connectivity index (χ0n) is 9.43. The predicted octanol–water partition coefficient (Wildman–Crippen LogP) is 2.92. The molecule has 1 aromatic heterocycles. The van der Waals surface area contributed by atoms with Gasteiger partial charge in [0.1, 0.15) is 5.15 Å². The standard InChI is InChI=1S/C13H10ClN3O/c1-2-12(18)16-10-6-4-3-5-9(10)13-15-8-7-11(14)17-13/h2-8H,1H2,(H,16,18). The number of nitrogens with zero attached hydrogens (tertiary/aromatic N) is 2. The highest BCUT2D eigenvalue weighted by Gasteiger charge is 2.08. The van der Waals surface area contributed by atoms with Crippen molar-refractivity contribution in [2.24, 2.45) is 0 Å². The molecule has 0 saturated heterocycles. The number of anilines is 1. The third kappa shape index (κ3) is 2.73. The molecule has 0 saturated carbocycles. The van der Waals surface area contributed by atoms with Gasteiger partial charge >= 0.3 is 0 Å². The van der Waals surface area contributed by atoms with Crippen LogP contribution in [0.3, 0.4) is 0 Å². The van der Waals surface area contributed by atoms with Crippen LogP contribution >= 0.6 is 11.6 Å². The summed E-state index contributed by atoms with van der Waals surface area (Å²) in [7, 11) is 0. The smallest absolute Gasteiger partial charge is 0.247 e. The van der Waals surface area contributed by atoms with Gasteiger partial charge in [-0.1, -0.05) is 30.3 Å². The molecule has 0 aliphatic rings. The minimum absolute atomic E-state index is 0.288. The molecule has 18 heavy (non-hydrogen) atoms. The molecule has 0 unspecified atom stereocenters. The molecule has 0 aliphatic carbocycles. The molecular formula is C13H10ClN3O. The van der Waals surface area contributed by atoms with E-state index < -0.39 is 0 Å². The third-order valence-electron chi connectivity index (χ3n) is 2.23. The molecule has 1 N–H and O–H groups in total. The van der Waals surface area contributed by atoms with Crippen LogP contribution < -0.4 is 5.32 Å². The Bertz CT molecular complexity index is 598. The fraction of sp³-hybridized carbons (Fsp3) is 0. The highest BCUT2D eigenvalue weighted by Crippen LogP contribution is 2.25. The van der Waals surface area contributed by atoms with Gasteiger partial charge in [0.2, 0.25) is 5.91 Å². The monoisotopic (exact) mass is 259 g/mol. The number of aromatic nitrogens is 2. The normalized spacial score (nSPS) is 9.83. The molecule has 0 fully saturated rings. The minimum Gasteiger partial charge on any atom is -0.322 e. The predicted molar refractivity (Wildman–Crippen MR) is 71.3 cm³/mol. The molecule has 1 heterocycles. The number of benzene rings is 1. The summed E-state index contributed by atoms with van der Waals surface area (Å²) in [5.41, 5.74) is 1.32. The van der Waals surface area contributed by atoms with Gasteiger partial charge in [0.25, 0.3) is 0 Å². The van der Waals surface area contributed by atoms with Gasteiger partial charge in [0.05, 0.1) is 5.69 Å². The summed E-state index contributed by atoms with van der Waals surface area (Å²) in [4.78, 5) is 19.6. The Hall–Kier alpha value is -2.20. The van der Waals surface area contributed by atoms with Gasteiger partial charge in [-0.15, -0.1) is 0 Å². The Labute approximate surface area is 109 Å². The Balaban J connectivity index is 2.44. The van der Waals surface area contributed by atoms with Gasteiger partial charge in [-0.2, -0.15) is 0 Å². The number of carbonyl (C=O) groups excluding carboxylic acids is 1. The largest absolute Gasteiger partial charge is 0.322 e. The van der Waals surface area contributed by atoms with E-state index in [4.69, 9.17) is 11.6 Å². The summed E-state index contributed by atoms with van der Waals surface area (Å²) in [6, 6.07) is 8.82. The average molecular weight is 260 g/mol. The zero-order valence-corrected chi connectivity index (χ0v) is 10.2. The van der Waals surface area contributed by atoms with Crippen molar-refractivity contribution >= 4 is 23.2 Å². The molecule has 5 heteroatoms. The highest BCUT2D eigenvalue weighted by molar-refractivity contribution is 6.29. The van der Waals surface area contributed by atoms with Crippen LogP contribution in [0.5, 0.6) is 0 Å². The van der Waals surface area contributed by atoms with E-state index >= 15 is 0 Å². The van der Waals surface area contributed by atoms with E-state index in [-0.39, 0.29) is 5.91 Å². The molecule has 2 rings (SSSR count). The Morgan fingerprint density at radius 3 is 2.83 bits per heavy atom. The fourth-order valence-corrected chi connectivity index (χ4v) is 1.57. The van der Waals surface area contributed by atoms with E-state index in [0.717, 1.165) is 0 Å². The second-order valence-electron chi connectivity index (χ2n) is 3.44. The first-order chi connectivity index (χ1) is 8.70. The van der Waals surface area contributed by atoms with Crippen molar-refractivity contribution < 1.29 is 4.79 Å². The lowest BCUT2D eigenvalue weighted by molar-refractivity contribution is -0.111. The second-order valence-corrected chi connectivity index (χ2v) is 3.83. The van der Waals surface area contributed by atoms with E-state index in [9.17, 15) is 4.79 Å². The zero-order chi connectivity index (χ0) is 13.0. The third-order valence-corrected chi connectivity index (χ3v) is 2.44. The number of hydrogen-bond donors (Lipinski definition) is 1. The van der Waals surface area contributed by atoms with Crippen LogP contribution in [0.2, 0.25) is 5.15 Å². The summed E-state index contributed by atoms with van der Waals surface area (Å²) in [5.74, 6) is 0.173. The number of para-hydroxylation sites is 1. The van der Waals surface area contributed by atoms with E-state index in [1.807, 2.05) is 18.2 Å². The lowest BCUT2D eigenvalue weighted by atomic mass is 10.1. The molecule has 0 spiro atoms. The molecule has 1 aromatic carbocycles. The molecule has 4 nitrogen and oxygen atoms in total. The lowest BCUT2D eigenvalue weighted by Crippen LogP contribution is -2.08. The SMILES string of the molecule is C=CC(=O)Nc1ccccc1-c1nccc(Cl)n1. The van der Waals surface area contributed by atoms with Crippen molar-refractivity contribution in [2.75, 3.05) is 5.32 Å². The maximum atomic E-state index is 11.3. The summed E-state index contributed by atoms with van der Waals surface area (Å²) >= 11 is 5.83. The first kappa shape index (κ1) is 12.3. The van der Waals surface area contributed by atoms with E-state index in [0.29, 0.717) is 22.2 Å². The summed E-state index contributed by atoms with van der Waals surface area (Å²) in [6.07, 6.45) is 2.77. The molecule has 0 aliphatic heterocycles. The maximum absolute atomic E-state index is 11.3. The molecule has 1 amide bonds. The van der Waals surface area contributed by atoms with Gasteiger partial charge in [-0.25, -0.2) is 9.97 Å². The number of nitrogens with one attached hydrogen (secondary N) is 1. The van der Waals surface area contributed by atoms with Gasteiger partial charge in [-0.3, -0.25) is 4.79 Å². The summed E-state index contributed by atoms with van der Waals surface area (Å²) < 4.78 is 0. The van der Waals surface area contributed by atoms with E-state index in [2.05, 4.69) is 21.9 Å². The molecule has 0 bridgehead atoms. The number of carbonyl (C=O) groups is 1. The van der Waals surface area contributed by atoms with Crippen molar-refractivity contribution in [3.05, 3.63) is 54.3 Å². The Morgan fingerprint density at radius 1 is 1.33 bits per heavy atom. The lowest BCUT2D eigenvalue weighted by Gasteiger charge is -2.08. The quantitative estimate of drug-likeness (QED) is 0.681. The highest BCUT2D eigenvalue weighted by atomic mass is 35.5. The van der Waals surface area contributed by atoms with Gasteiger partial charge < -0.3 is 5.32 Å².